The summed E-state index contributed by atoms with van der Waals surface area (Å²) in [4.78, 5) is 17.3. The topological polar surface area (TPSA) is 54.0 Å². The van der Waals surface area contributed by atoms with Crippen molar-refractivity contribution >= 4 is 57.3 Å². The highest BCUT2D eigenvalue weighted by Gasteiger charge is 2.13. The zero-order valence-electron chi connectivity index (χ0n) is 14.2. The number of rotatable bonds is 4. The molecule has 0 fully saturated rings. The summed E-state index contributed by atoms with van der Waals surface area (Å²) in [5.41, 5.74) is 4.10. The van der Waals surface area contributed by atoms with E-state index in [4.69, 9.17) is 0 Å². The number of benzene rings is 3. The lowest BCUT2D eigenvalue weighted by Crippen LogP contribution is -2.21. The number of thiazole rings is 1. The van der Waals surface area contributed by atoms with Crippen molar-refractivity contribution in [3.8, 4) is 0 Å². The number of carbonyl (C=O) groups excluding carboxylic acids is 1. The van der Waals surface area contributed by atoms with Crippen molar-refractivity contribution in [2.75, 3.05) is 10.6 Å². The fourth-order valence-corrected chi connectivity index (χ4v) is 3.68. The molecular weight excluding hydrogens is 341 g/mol. The van der Waals surface area contributed by atoms with Crippen molar-refractivity contribution in [1.82, 2.24) is 4.98 Å². The average Bonchev–Trinajstić information content (AvgIpc) is 3.06. The van der Waals surface area contributed by atoms with Gasteiger partial charge in [-0.3, -0.25) is 4.79 Å². The van der Waals surface area contributed by atoms with Gasteiger partial charge in [0.15, 0.2) is 5.13 Å². The molecule has 2 N–H and O–H groups in total. The van der Waals surface area contributed by atoms with E-state index in [-0.39, 0.29) is 5.91 Å². The lowest BCUT2D eigenvalue weighted by molar-refractivity contribution is 0.102. The molecule has 0 unspecified atom stereocenters. The Bertz CT molecular complexity index is 1080. The van der Waals surface area contributed by atoms with Crippen molar-refractivity contribution in [3.05, 3.63) is 78.4 Å². The Morgan fingerprint density at radius 1 is 0.923 bits per heavy atom. The largest absolute Gasteiger partial charge is 0.332 e. The molecule has 0 saturated carbocycles. The van der Waals surface area contributed by atoms with Crippen LogP contribution < -0.4 is 16.1 Å². The van der Waals surface area contributed by atoms with Crippen molar-refractivity contribution in [1.29, 1.82) is 0 Å². The number of anilines is 3. The molecule has 0 aliphatic heterocycles. The smallest absolute Gasteiger partial charge is 0.255 e. The first-order chi connectivity index (χ1) is 12.7. The Labute approximate surface area is 156 Å². The standard InChI is InChI=1S/C20H16BN3OS/c21-15-10-5-4-9-14(15)19(25)23-16-11-6-12-17-18(16)24-20(26-17)22-13-7-2-1-3-8-13/h1-12H,21H2,(H,22,24)(H,23,25). The number of amides is 1. The molecule has 0 spiro atoms. The summed E-state index contributed by atoms with van der Waals surface area (Å²) in [7, 11) is 1.93. The maximum Gasteiger partial charge on any atom is 0.255 e. The van der Waals surface area contributed by atoms with Crippen molar-refractivity contribution < 1.29 is 4.79 Å². The Balaban J connectivity index is 1.63. The van der Waals surface area contributed by atoms with E-state index in [1.165, 1.54) is 0 Å². The van der Waals surface area contributed by atoms with Crippen LogP contribution in [0.1, 0.15) is 10.4 Å². The molecule has 0 saturated heterocycles. The number of nitrogens with one attached hydrogen (secondary N) is 2. The van der Waals surface area contributed by atoms with Crippen molar-refractivity contribution in [3.63, 3.8) is 0 Å². The van der Waals surface area contributed by atoms with Gasteiger partial charge in [-0.05, 0) is 24.3 Å². The number of hydrogen-bond donors (Lipinski definition) is 2. The third-order valence-electron chi connectivity index (χ3n) is 4.08. The molecule has 26 heavy (non-hydrogen) atoms. The van der Waals surface area contributed by atoms with Crippen LogP contribution in [0.4, 0.5) is 16.5 Å². The zero-order valence-corrected chi connectivity index (χ0v) is 15.0. The van der Waals surface area contributed by atoms with E-state index in [9.17, 15) is 4.79 Å². The molecule has 1 aromatic heterocycles. The van der Waals surface area contributed by atoms with Gasteiger partial charge in [-0.2, -0.15) is 0 Å². The number of fused-ring (bicyclic) bond motifs is 1. The molecule has 6 heteroatoms. The predicted molar refractivity (Wildman–Crippen MR) is 112 cm³/mol. The van der Waals surface area contributed by atoms with Crippen LogP contribution in [-0.4, -0.2) is 18.7 Å². The first-order valence-electron chi connectivity index (χ1n) is 8.29. The third-order valence-corrected chi connectivity index (χ3v) is 5.02. The molecule has 0 aliphatic rings. The second-order valence-electron chi connectivity index (χ2n) is 5.93. The summed E-state index contributed by atoms with van der Waals surface area (Å²) in [5, 5.41) is 7.10. The zero-order chi connectivity index (χ0) is 17.9. The van der Waals surface area contributed by atoms with Gasteiger partial charge in [-0.25, -0.2) is 4.98 Å². The lowest BCUT2D eigenvalue weighted by atomic mass is 9.90. The normalized spacial score (nSPS) is 10.6. The summed E-state index contributed by atoms with van der Waals surface area (Å²) in [6, 6.07) is 23.3. The molecule has 0 bridgehead atoms. The minimum Gasteiger partial charge on any atom is -0.332 e. The quantitative estimate of drug-likeness (QED) is 0.549. The van der Waals surface area contributed by atoms with E-state index in [2.05, 4.69) is 15.6 Å². The van der Waals surface area contributed by atoms with E-state index in [1.54, 1.807) is 11.3 Å². The number of carbonyl (C=O) groups is 1. The van der Waals surface area contributed by atoms with E-state index in [0.717, 1.165) is 26.5 Å². The predicted octanol–water partition coefficient (Wildman–Crippen LogP) is 3.55. The molecule has 4 aromatic rings. The Morgan fingerprint density at radius 3 is 2.50 bits per heavy atom. The highest BCUT2D eigenvalue weighted by Crippen LogP contribution is 2.32. The molecule has 126 valence electrons. The van der Waals surface area contributed by atoms with Crippen LogP contribution in [0.2, 0.25) is 0 Å². The molecule has 3 aromatic carbocycles. The Kier molecular flexibility index (Phi) is 4.41. The van der Waals surface area contributed by atoms with E-state index in [0.29, 0.717) is 11.3 Å². The van der Waals surface area contributed by atoms with Crippen LogP contribution in [0.5, 0.6) is 0 Å². The van der Waals surface area contributed by atoms with Crippen LogP contribution in [0, 0.1) is 0 Å². The SMILES string of the molecule is Bc1ccccc1C(=O)Nc1cccc2sc(Nc3ccccc3)nc12. The van der Waals surface area contributed by atoms with Crippen LogP contribution >= 0.6 is 11.3 Å². The molecule has 4 nitrogen and oxygen atoms in total. The fraction of sp³-hybridized carbons (Fsp3) is 0. The summed E-state index contributed by atoms with van der Waals surface area (Å²) in [6.07, 6.45) is 0. The molecule has 1 heterocycles. The van der Waals surface area contributed by atoms with Crippen LogP contribution in [-0.2, 0) is 0 Å². The van der Waals surface area contributed by atoms with Crippen molar-refractivity contribution in [2.24, 2.45) is 0 Å². The summed E-state index contributed by atoms with van der Waals surface area (Å²) < 4.78 is 1.02. The first kappa shape index (κ1) is 16.4. The fourth-order valence-electron chi connectivity index (χ4n) is 2.77. The highest BCUT2D eigenvalue weighted by atomic mass is 32.1. The minimum absolute atomic E-state index is 0.124. The van der Waals surface area contributed by atoms with Gasteiger partial charge in [0, 0.05) is 11.3 Å². The van der Waals surface area contributed by atoms with Gasteiger partial charge in [-0.1, -0.05) is 65.3 Å². The minimum atomic E-state index is -0.124. The molecule has 0 atom stereocenters. The maximum absolute atomic E-state index is 12.6. The van der Waals surface area contributed by atoms with E-state index >= 15 is 0 Å². The Hall–Kier alpha value is -3.12. The Morgan fingerprint density at radius 2 is 1.69 bits per heavy atom. The number of aromatic nitrogens is 1. The van der Waals surface area contributed by atoms with Gasteiger partial charge < -0.3 is 10.6 Å². The first-order valence-corrected chi connectivity index (χ1v) is 9.11. The van der Waals surface area contributed by atoms with Crippen LogP contribution in [0.25, 0.3) is 10.2 Å². The van der Waals surface area contributed by atoms with Crippen LogP contribution in [0.3, 0.4) is 0 Å². The molecule has 0 radical (unpaired) electrons. The molecule has 0 aliphatic carbocycles. The van der Waals surface area contributed by atoms with Gasteiger partial charge in [-0.15, -0.1) is 0 Å². The number of hydrogen-bond acceptors (Lipinski definition) is 4. The summed E-state index contributed by atoms with van der Waals surface area (Å²) in [5.74, 6) is -0.124. The number of nitrogens with zero attached hydrogens (tertiary/aromatic N) is 1. The van der Waals surface area contributed by atoms with Gasteiger partial charge >= 0.3 is 0 Å². The summed E-state index contributed by atoms with van der Waals surface area (Å²) >= 11 is 1.56. The van der Waals surface area contributed by atoms with Gasteiger partial charge in [0.25, 0.3) is 5.91 Å². The molecular formula is C20H16BN3OS. The molecule has 4 rings (SSSR count). The number of para-hydroxylation sites is 2. The van der Waals surface area contributed by atoms with Gasteiger partial charge in [0.1, 0.15) is 13.4 Å². The molecule has 1 amide bonds. The van der Waals surface area contributed by atoms with Gasteiger partial charge in [0.2, 0.25) is 0 Å². The monoisotopic (exact) mass is 357 g/mol. The van der Waals surface area contributed by atoms with Crippen molar-refractivity contribution in [2.45, 2.75) is 0 Å². The average molecular weight is 357 g/mol. The van der Waals surface area contributed by atoms with Gasteiger partial charge in [0.05, 0.1) is 10.4 Å². The lowest BCUT2D eigenvalue weighted by Gasteiger charge is -2.08. The summed E-state index contributed by atoms with van der Waals surface area (Å²) in [6.45, 7) is 0. The highest BCUT2D eigenvalue weighted by molar-refractivity contribution is 7.22. The van der Waals surface area contributed by atoms with E-state index < -0.39 is 0 Å². The van der Waals surface area contributed by atoms with Crippen LogP contribution in [0.15, 0.2) is 72.8 Å². The van der Waals surface area contributed by atoms with E-state index in [1.807, 2.05) is 80.6 Å². The second kappa shape index (κ2) is 7.02. The third kappa shape index (κ3) is 3.32. The second-order valence-corrected chi connectivity index (χ2v) is 6.96. The maximum atomic E-state index is 12.6.